The summed E-state index contributed by atoms with van der Waals surface area (Å²) in [5.74, 6) is -0.118. The molecule has 1 aliphatic rings. The number of nitrogens with zero attached hydrogens (tertiary/aromatic N) is 2. The Morgan fingerprint density at radius 2 is 1.75 bits per heavy atom. The van der Waals surface area contributed by atoms with Gasteiger partial charge in [0.2, 0.25) is 15.9 Å². The summed E-state index contributed by atoms with van der Waals surface area (Å²) in [5, 5.41) is 0. The molecule has 1 aromatic carbocycles. The highest BCUT2D eigenvalue weighted by atomic mass is 32.2. The fraction of sp³-hybridized carbons (Fsp3) is 0.588. The molecule has 24 heavy (non-hydrogen) atoms. The number of benzene rings is 1. The predicted molar refractivity (Wildman–Crippen MR) is 94.2 cm³/mol. The molecule has 0 spiro atoms. The summed E-state index contributed by atoms with van der Waals surface area (Å²) in [6, 6.07) is 7.49. The van der Waals surface area contributed by atoms with Crippen LogP contribution in [0.1, 0.15) is 26.7 Å². The first-order valence-corrected chi connectivity index (χ1v) is 10.0. The highest BCUT2D eigenvalue weighted by Crippen LogP contribution is 2.12. The van der Waals surface area contributed by atoms with Crippen molar-refractivity contribution in [3.63, 3.8) is 0 Å². The molecular formula is C17H27N3O3S. The zero-order chi connectivity index (χ0) is 17.6. The van der Waals surface area contributed by atoms with Crippen LogP contribution < -0.4 is 4.72 Å². The Kier molecular flexibility index (Phi) is 6.77. The van der Waals surface area contributed by atoms with Gasteiger partial charge in [0.05, 0.1) is 4.90 Å². The van der Waals surface area contributed by atoms with Crippen molar-refractivity contribution in [3.05, 3.63) is 30.3 Å². The second-order valence-electron chi connectivity index (χ2n) is 6.04. The molecule has 1 aliphatic heterocycles. The standard InChI is InChI=1S/C17H27N3O3S/c1-3-8-16(17(21)20-13-11-19(4-2)12-14-20)18-24(22,23)15-9-6-5-7-10-15/h5-7,9-10,16,18H,3-4,8,11-14H2,1-2H3. The zero-order valence-corrected chi connectivity index (χ0v) is 15.3. The Morgan fingerprint density at radius 1 is 1.12 bits per heavy atom. The van der Waals surface area contributed by atoms with Crippen LogP contribution >= 0.6 is 0 Å². The summed E-state index contributed by atoms with van der Waals surface area (Å²) in [5.41, 5.74) is 0. The number of nitrogens with one attached hydrogen (secondary N) is 1. The van der Waals surface area contributed by atoms with Crippen molar-refractivity contribution in [2.24, 2.45) is 0 Å². The summed E-state index contributed by atoms with van der Waals surface area (Å²) < 4.78 is 27.6. The molecule has 0 radical (unpaired) electrons. The summed E-state index contributed by atoms with van der Waals surface area (Å²) >= 11 is 0. The number of sulfonamides is 1. The Balaban J connectivity index is 2.07. The molecule has 1 saturated heterocycles. The van der Waals surface area contributed by atoms with E-state index >= 15 is 0 Å². The quantitative estimate of drug-likeness (QED) is 0.802. The number of carbonyl (C=O) groups excluding carboxylic acids is 1. The molecular weight excluding hydrogens is 326 g/mol. The molecule has 1 fully saturated rings. The van der Waals surface area contributed by atoms with Crippen LogP contribution in [0.15, 0.2) is 35.2 Å². The third kappa shape index (κ3) is 4.78. The smallest absolute Gasteiger partial charge is 0.241 e. The van der Waals surface area contributed by atoms with Crippen LogP contribution in [0, 0.1) is 0 Å². The van der Waals surface area contributed by atoms with Gasteiger partial charge in [-0.3, -0.25) is 4.79 Å². The van der Waals surface area contributed by atoms with E-state index in [0.29, 0.717) is 19.5 Å². The van der Waals surface area contributed by atoms with E-state index in [9.17, 15) is 13.2 Å². The van der Waals surface area contributed by atoms with Crippen molar-refractivity contribution in [2.75, 3.05) is 32.7 Å². The maximum absolute atomic E-state index is 12.8. The number of rotatable bonds is 7. The molecule has 0 saturated carbocycles. The van der Waals surface area contributed by atoms with Crippen LogP contribution in [-0.4, -0.2) is 62.9 Å². The summed E-state index contributed by atoms with van der Waals surface area (Å²) in [6.07, 6.45) is 1.24. The zero-order valence-electron chi connectivity index (χ0n) is 14.4. The van der Waals surface area contributed by atoms with E-state index in [2.05, 4.69) is 16.5 Å². The molecule has 0 bridgehead atoms. The first-order chi connectivity index (χ1) is 11.5. The van der Waals surface area contributed by atoms with Crippen molar-refractivity contribution in [1.29, 1.82) is 0 Å². The topological polar surface area (TPSA) is 69.7 Å². The first-order valence-electron chi connectivity index (χ1n) is 8.56. The molecule has 2 rings (SSSR count). The molecule has 7 heteroatoms. The molecule has 0 aliphatic carbocycles. The monoisotopic (exact) mass is 353 g/mol. The Bertz CT molecular complexity index is 626. The average molecular weight is 353 g/mol. The van der Waals surface area contributed by atoms with Crippen molar-refractivity contribution in [2.45, 2.75) is 37.6 Å². The van der Waals surface area contributed by atoms with E-state index in [1.54, 1.807) is 23.1 Å². The van der Waals surface area contributed by atoms with Gasteiger partial charge in [0.15, 0.2) is 0 Å². The van der Waals surface area contributed by atoms with Crippen LogP contribution in [0.4, 0.5) is 0 Å². The predicted octanol–water partition coefficient (Wildman–Crippen LogP) is 1.30. The number of hydrogen-bond acceptors (Lipinski definition) is 4. The lowest BCUT2D eigenvalue weighted by molar-refractivity contribution is -0.134. The van der Waals surface area contributed by atoms with Gasteiger partial charge in [0.1, 0.15) is 6.04 Å². The maximum Gasteiger partial charge on any atom is 0.241 e. The molecule has 0 aromatic heterocycles. The largest absolute Gasteiger partial charge is 0.339 e. The highest BCUT2D eigenvalue weighted by Gasteiger charge is 2.30. The number of carbonyl (C=O) groups is 1. The van der Waals surface area contributed by atoms with E-state index in [1.165, 1.54) is 12.1 Å². The molecule has 1 heterocycles. The molecule has 1 amide bonds. The third-order valence-corrected chi connectivity index (χ3v) is 5.85. The van der Waals surface area contributed by atoms with E-state index < -0.39 is 16.1 Å². The molecule has 134 valence electrons. The highest BCUT2D eigenvalue weighted by molar-refractivity contribution is 7.89. The summed E-state index contributed by atoms with van der Waals surface area (Å²) in [4.78, 5) is 17.0. The Morgan fingerprint density at radius 3 is 2.29 bits per heavy atom. The van der Waals surface area contributed by atoms with Gasteiger partial charge < -0.3 is 9.80 Å². The Hall–Kier alpha value is -1.44. The minimum Gasteiger partial charge on any atom is -0.339 e. The van der Waals surface area contributed by atoms with Crippen molar-refractivity contribution < 1.29 is 13.2 Å². The normalized spacial score (nSPS) is 17.7. The molecule has 6 nitrogen and oxygen atoms in total. The molecule has 1 unspecified atom stereocenters. The lowest BCUT2D eigenvalue weighted by atomic mass is 10.1. The van der Waals surface area contributed by atoms with Crippen LogP contribution in [0.3, 0.4) is 0 Å². The van der Waals surface area contributed by atoms with Crippen molar-refractivity contribution in [1.82, 2.24) is 14.5 Å². The van der Waals surface area contributed by atoms with Gasteiger partial charge >= 0.3 is 0 Å². The maximum atomic E-state index is 12.8. The van der Waals surface area contributed by atoms with Crippen LogP contribution in [0.2, 0.25) is 0 Å². The Labute approximate surface area is 144 Å². The number of likely N-dealkylation sites (N-methyl/N-ethyl adjacent to an activating group) is 1. The second-order valence-corrected chi connectivity index (χ2v) is 7.75. The molecule has 1 N–H and O–H groups in total. The van der Waals surface area contributed by atoms with Crippen LogP contribution in [0.25, 0.3) is 0 Å². The van der Waals surface area contributed by atoms with Gasteiger partial charge in [0, 0.05) is 26.2 Å². The summed E-state index contributed by atoms with van der Waals surface area (Å²) in [7, 11) is -3.69. The van der Waals surface area contributed by atoms with Gasteiger partial charge in [-0.2, -0.15) is 4.72 Å². The minimum absolute atomic E-state index is 0.118. The van der Waals surface area contributed by atoms with Gasteiger partial charge in [-0.05, 0) is 25.1 Å². The SMILES string of the molecule is CCCC(NS(=O)(=O)c1ccccc1)C(=O)N1CCN(CC)CC1. The minimum atomic E-state index is -3.69. The van der Waals surface area contributed by atoms with E-state index in [1.807, 2.05) is 6.92 Å². The van der Waals surface area contributed by atoms with Gasteiger partial charge in [-0.15, -0.1) is 0 Å². The number of piperazine rings is 1. The number of amides is 1. The van der Waals surface area contributed by atoms with Gasteiger partial charge in [-0.25, -0.2) is 8.42 Å². The van der Waals surface area contributed by atoms with Gasteiger partial charge in [-0.1, -0.05) is 38.5 Å². The third-order valence-electron chi connectivity index (χ3n) is 4.36. The van der Waals surface area contributed by atoms with Crippen molar-refractivity contribution >= 4 is 15.9 Å². The molecule has 1 aromatic rings. The van der Waals surface area contributed by atoms with E-state index in [4.69, 9.17) is 0 Å². The average Bonchev–Trinajstić information content (AvgIpc) is 2.61. The molecule has 1 atom stereocenters. The fourth-order valence-corrected chi connectivity index (χ4v) is 4.13. The van der Waals surface area contributed by atoms with Crippen LogP contribution in [-0.2, 0) is 14.8 Å². The first kappa shape index (κ1) is 18.9. The van der Waals surface area contributed by atoms with E-state index in [-0.39, 0.29) is 10.8 Å². The van der Waals surface area contributed by atoms with Gasteiger partial charge in [0.25, 0.3) is 0 Å². The lowest BCUT2D eigenvalue weighted by Crippen LogP contribution is -2.54. The fourth-order valence-electron chi connectivity index (χ4n) is 2.88. The number of hydrogen-bond donors (Lipinski definition) is 1. The lowest BCUT2D eigenvalue weighted by Gasteiger charge is -2.36. The summed E-state index contributed by atoms with van der Waals surface area (Å²) in [6.45, 7) is 8.01. The second kappa shape index (κ2) is 8.60. The van der Waals surface area contributed by atoms with Crippen molar-refractivity contribution in [3.8, 4) is 0 Å². The van der Waals surface area contributed by atoms with Crippen LogP contribution in [0.5, 0.6) is 0 Å². The van der Waals surface area contributed by atoms with E-state index in [0.717, 1.165) is 26.1 Å².